The Morgan fingerprint density at radius 3 is 1.89 bits per heavy atom. The fourth-order valence-electron chi connectivity index (χ4n) is 0.785. The van der Waals surface area contributed by atoms with E-state index in [-0.39, 0.29) is 5.56 Å². The van der Waals surface area contributed by atoms with Gasteiger partial charge in [0.15, 0.2) is 4.98 Å². The van der Waals surface area contributed by atoms with E-state index in [1.807, 2.05) is 45.2 Å². The van der Waals surface area contributed by atoms with Gasteiger partial charge in [0, 0.05) is 0 Å². The number of nitrogens with zero attached hydrogens (tertiary/aromatic N) is 2. The minimum Gasteiger partial charge on any atom is -0.726 e. The number of carboxylic acids is 1. The number of carbonyl (C=O) groups is 1. The molecular formula is C7H4I2N2O6S. The van der Waals surface area contributed by atoms with Crippen molar-refractivity contribution in [1.82, 2.24) is 0 Å². The van der Waals surface area contributed by atoms with Crippen LogP contribution in [0.3, 0.4) is 0 Å². The third-order valence-corrected chi connectivity index (χ3v) is 3.01. The molecule has 0 aromatic heterocycles. The molecule has 18 heavy (non-hydrogen) atoms. The fraction of sp³-hybridized carbons (Fsp3) is 0. The molecule has 0 saturated heterocycles. The summed E-state index contributed by atoms with van der Waals surface area (Å²) in [6, 6.07) is 2.92. The summed E-state index contributed by atoms with van der Waals surface area (Å²) in [5.74, 6) is -0.986. The highest BCUT2D eigenvalue weighted by atomic mass is 127. The number of aromatic carboxylic acids is 1. The Hall–Kier alpha value is -0.560. The molecule has 98 valence electrons. The zero-order chi connectivity index (χ0) is 14.5. The van der Waals surface area contributed by atoms with Crippen molar-refractivity contribution in [3.63, 3.8) is 0 Å². The van der Waals surface area contributed by atoms with Gasteiger partial charge in [0.25, 0.3) is 0 Å². The molecule has 0 unspecified atom stereocenters. The van der Waals surface area contributed by atoms with Crippen molar-refractivity contribution in [2.75, 3.05) is 0 Å². The van der Waals surface area contributed by atoms with Crippen LogP contribution in [0.4, 0.5) is 5.69 Å². The van der Waals surface area contributed by atoms with Gasteiger partial charge in [-0.1, -0.05) is 0 Å². The van der Waals surface area contributed by atoms with E-state index in [9.17, 15) is 4.79 Å². The second-order valence-electron chi connectivity index (χ2n) is 2.62. The number of hydrogen-bond donors (Lipinski definition) is 2. The Balaban J connectivity index is 0.000000494. The third kappa shape index (κ3) is 7.00. The summed E-state index contributed by atoms with van der Waals surface area (Å²) >= 11 is 3.85. The van der Waals surface area contributed by atoms with Crippen LogP contribution in [0, 0.1) is 12.5 Å². The summed E-state index contributed by atoms with van der Waals surface area (Å²) in [4.78, 5) is 13.7. The van der Waals surface area contributed by atoms with E-state index in [2.05, 4.69) is 4.98 Å². The summed E-state index contributed by atoms with van der Waals surface area (Å²) in [7, 11) is -4.92. The van der Waals surface area contributed by atoms with Crippen LogP contribution in [-0.4, -0.2) is 28.6 Å². The summed E-state index contributed by atoms with van der Waals surface area (Å²) in [6.45, 7) is 0. The minimum absolute atomic E-state index is 0.196. The van der Waals surface area contributed by atoms with Crippen LogP contribution in [0.15, 0.2) is 12.1 Å². The van der Waals surface area contributed by atoms with E-state index >= 15 is 0 Å². The Morgan fingerprint density at radius 1 is 1.33 bits per heavy atom. The first-order valence-corrected chi connectivity index (χ1v) is 7.34. The van der Waals surface area contributed by atoms with E-state index in [0.29, 0.717) is 12.8 Å². The highest BCUT2D eigenvalue weighted by Gasteiger charge is 2.19. The van der Waals surface area contributed by atoms with E-state index in [0.717, 1.165) is 0 Å². The number of benzene rings is 1. The van der Waals surface area contributed by atoms with Crippen LogP contribution in [0.25, 0.3) is 4.98 Å². The van der Waals surface area contributed by atoms with E-state index in [1.165, 1.54) is 12.1 Å². The van der Waals surface area contributed by atoms with Crippen molar-refractivity contribution >= 4 is 67.2 Å². The van der Waals surface area contributed by atoms with Gasteiger partial charge in [-0.3, -0.25) is 4.55 Å². The Kier molecular flexibility index (Phi) is 6.91. The molecule has 0 fully saturated rings. The standard InChI is InChI=1S/C7H2I2N2O2.H2O4S/c8-4-1-3(7(12)13)2-5(9)6(4)11-10;1-5(2,3)4/h1-2H;(H2,1,2,3,4). The van der Waals surface area contributed by atoms with Crippen LogP contribution >= 0.6 is 45.2 Å². The van der Waals surface area contributed by atoms with Crippen LogP contribution < -0.4 is 0 Å². The van der Waals surface area contributed by atoms with Gasteiger partial charge >= 0.3 is 11.7 Å². The molecule has 0 spiro atoms. The predicted octanol–water partition coefficient (Wildman–Crippen LogP) is 2.08. The lowest BCUT2D eigenvalue weighted by atomic mass is 10.2. The number of diazo groups is 1. The van der Waals surface area contributed by atoms with Crippen LogP contribution in [-0.2, 0) is 10.4 Å². The van der Waals surface area contributed by atoms with Crippen molar-refractivity contribution in [3.8, 4) is 0 Å². The van der Waals surface area contributed by atoms with Gasteiger partial charge in [-0.2, -0.15) is 0 Å². The van der Waals surface area contributed by atoms with Gasteiger partial charge in [0.05, 0.1) is 5.56 Å². The normalized spacial score (nSPS) is 9.94. The topological polar surface area (TPSA) is 143 Å². The average molecular weight is 498 g/mol. The molecule has 0 heterocycles. The lowest BCUT2D eigenvalue weighted by Gasteiger charge is -1.94. The Morgan fingerprint density at radius 2 is 1.67 bits per heavy atom. The van der Waals surface area contributed by atoms with Gasteiger partial charge in [-0.05, 0) is 57.3 Å². The zero-order valence-corrected chi connectivity index (χ0v) is 13.4. The first-order chi connectivity index (χ1) is 8.06. The van der Waals surface area contributed by atoms with Gasteiger partial charge in [0.2, 0.25) is 15.8 Å². The monoisotopic (exact) mass is 498 g/mol. The fourth-order valence-corrected chi connectivity index (χ4v) is 2.77. The van der Waals surface area contributed by atoms with E-state index < -0.39 is 16.4 Å². The molecular weight excluding hydrogens is 494 g/mol. The van der Waals surface area contributed by atoms with E-state index in [1.54, 1.807) is 0 Å². The first kappa shape index (κ1) is 17.4. The van der Waals surface area contributed by atoms with E-state index in [4.69, 9.17) is 28.0 Å². The van der Waals surface area contributed by atoms with Gasteiger partial charge < -0.3 is 9.66 Å². The SMILES string of the molecule is N#[N+]c1c(I)cc(C(=O)O)cc1I.O=S(=O)([O-])O. The predicted molar refractivity (Wildman–Crippen MR) is 75.9 cm³/mol. The van der Waals surface area contributed by atoms with Gasteiger partial charge in [-0.15, -0.1) is 0 Å². The molecule has 8 nitrogen and oxygen atoms in total. The number of hydrogen-bond acceptors (Lipinski definition) is 5. The largest absolute Gasteiger partial charge is 0.726 e. The highest BCUT2D eigenvalue weighted by Crippen LogP contribution is 2.28. The van der Waals surface area contributed by atoms with Gasteiger partial charge in [0.1, 0.15) is 7.14 Å². The second-order valence-corrected chi connectivity index (χ2v) is 5.80. The molecule has 0 atom stereocenters. The number of carboxylic acid groups (broad SMARTS) is 1. The lowest BCUT2D eigenvalue weighted by molar-refractivity contribution is 0.0696. The molecule has 11 heteroatoms. The molecule has 2 N–H and O–H groups in total. The molecule has 0 aliphatic heterocycles. The summed E-state index contributed by atoms with van der Waals surface area (Å²) in [5, 5.41) is 17.3. The zero-order valence-electron chi connectivity index (χ0n) is 8.24. The maximum atomic E-state index is 10.6. The summed E-state index contributed by atoms with van der Waals surface area (Å²) < 4.78 is 34.1. The molecule has 0 bridgehead atoms. The second kappa shape index (κ2) is 7.13. The smallest absolute Gasteiger partial charge is 0.411 e. The molecule has 0 saturated carbocycles. The molecule has 1 aromatic rings. The van der Waals surface area contributed by atoms with Crippen molar-refractivity contribution in [3.05, 3.63) is 29.8 Å². The quantitative estimate of drug-likeness (QED) is 0.261. The Labute approximate surface area is 129 Å². The molecule has 0 radical (unpaired) electrons. The maximum Gasteiger partial charge on any atom is 0.411 e. The van der Waals surface area contributed by atoms with Gasteiger partial charge in [-0.25, -0.2) is 13.2 Å². The molecule has 0 aliphatic carbocycles. The maximum absolute atomic E-state index is 10.6. The lowest BCUT2D eigenvalue weighted by Crippen LogP contribution is -1.97. The van der Waals surface area contributed by atoms with Crippen LogP contribution in [0.5, 0.6) is 0 Å². The van der Waals surface area contributed by atoms with Crippen molar-refractivity contribution < 1.29 is 27.4 Å². The minimum atomic E-state index is -4.92. The van der Waals surface area contributed by atoms with Crippen molar-refractivity contribution in [2.45, 2.75) is 0 Å². The first-order valence-electron chi connectivity index (χ1n) is 3.82. The number of halogens is 2. The average Bonchev–Trinajstić information content (AvgIpc) is 2.14. The summed E-state index contributed by atoms with van der Waals surface area (Å²) in [5.41, 5.74) is 0.604. The molecule has 1 rings (SSSR count). The molecule has 1 aromatic carbocycles. The van der Waals surface area contributed by atoms with Crippen LogP contribution in [0.1, 0.15) is 10.4 Å². The van der Waals surface area contributed by atoms with Crippen molar-refractivity contribution in [2.24, 2.45) is 0 Å². The highest BCUT2D eigenvalue weighted by molar-refractivity contribution is 14.1. The third-order valence-electron chi connectivity index (χ3n) is 1.36. The molecule has 0 aliphatic rings. The number of rotatable bonds is 1. The van der Waals surface area contributed by atoms with Crippen LogP contribution in [0.2, 0.25) is 0 Å². The van der Waals surface area contributed by atoms with Crippen molar-refractivity contribution in [1.29, 1.82) is 5.39 Å². The Bertz CT molecular complexity index is 578. The molecule has 0 amide bonds. The summed E-state index contributed by atoms with van der Waals surface area (Å²) in [6.07, 6.45) is 0.